The number of nitrogens with zero attached hydrogens (tertiary/aromatic N) is 2. The van der Waals surface area contributed by atoms with Gasteiger partial charge in [-0.15, -0.1) is 11.3 Å². The predicted octanol–water partition coefficient (Wildman–Crippen LogP) is 2.99. The van der Waals surface area contributed by atoms with Gasteiger partial charge in [0.25, 0.3) is 5.91 Å². The van der Waals surface area contributed by atoms with Gasteiger partial charge in [0.15, 0.2) is 5.13 Å². The number of benzene rings is 1. The van der Waals surface area contributed by atoms with Crippen LogP contribution in [-0.2, 0) is 4.79 Å². The van der Waals surface area contributed by atoms with Crippen molar-refractivity contribution in [3.8, 4) is 0 Å². The topological polar surface area (TPSA) is 62.3 Å². The number of nitrogens with one attached hydrogen (secondary N) is 1. The Labute approximate surface area is 127 Å². The third-order valence-electron chi connectivity index (χ3n) is 2.90. The minimum atomic E-state index is -0.203. The van der Waals surface area contributed by atoms with Gasteiger partial charge in [0.1, 0.15) is 5.69 Å². The molecule has 0 saturated carbocycles. The van der Waals surface area contributed by atoms with Crippen molar-refractivity contribution in [1.29, 1.82) is 0 Å². The van der Waals surface area contributed by atoms with Gasteiger partial charge in [0.05, 0.1) is 0 Å². The van der Waals surface area contributed by atoms with Crippen molar-refractivity contribution in [2.24, 2.45) is 0 Å². The van der Waals surface area contributed by atoms with Crippen molar-refractivity contribution >= 4 is 34.0 Å². The van der Waals surface area contributed by atoms with Crippen LogP contribution < -0.4 is 10.2 Å². The number of anilines is 2. The van der Waals surface area contributed by atoms with Crippen LogP contribution in [0.5, 0.6) is 0 Å². The maximum atomic E-state index is 12.4. The SMILES string of the molecule is CC(=O)Nc1nc(C(=O)N(C)c2cc(C)cc(C)c2)cs1. The fourth-order valence-electron chi connectivity index (χ4n) is 2.01. The normalized spacial score (nSPS) is 10.3. The lowest BCUT2D eigenvalue weighted by atomic mass is 10.1. The van der Waals surface area contributed by atoms with Crippen LogP contribution in [0.15, 0.2) is 23.6 Å². The molecule has 2 amide bonds. The zero-order chi connectivity index (χ0) is 15.6. The second-order valence-corrected chi connectivity index (χ2v) is 5.79. The number of carbonyl (C=O) groups excluding carboxylic acids is 2. The molecule has 1 heterocycles. The van der Waals surface area contributed by atoms with E-state index in [4.69, 9.17) is 0 Å². The number of carbonyl (C=O) groups is 2. The van der Waals surface area contributed by atoms with E-state index in [1.54, 1.807) is 17.3 Å². The van der Waals surface area contributed by atoms with E-state index < -0.39 is 0 Å². The van der Waals surface area contributed by atoms with Gasteiger partial charge in [-0.3, -0.25) is 9.59 Å². The van der Waals surface area contributed by atoms with E-state index in [1.165, 1.54) is 18.3 Å². The van der Waals surface area contributed by atoms with Crippen molar-refractivity contribution in [1.82, 2.24) is 4.98 Å². The quantitative estimate of drug-likeness (QED) is 0.948. The van der Waals surface area contributed by atoms with E-state index in [2.05, 4.69) is 16.4 Å². The van der Waals surface area contributed by atoms with Crippen LogP contribution >= 0.6 is 11.3 Å². The first kappa shape index (κ1) is 15.2. The lowest BCUT2D eigenvalue weighted by molar-refractivity contribution is -0.114. The Hall–Kier alpha value is -2.21. The highest BCUT2D eigenvalue weighted by Crippen LogP contribution is 2.21. The third kappa shape index (κ3) is 3.66. The smallest absolute Gasteiger partial charge is 0.277 e. The summed E-state index contributed by atoms with van der Waals surface area (Å²) in [6.45, 7) is 5.39. The fourth-order valence-corrected chi connectivity index (χ4v) is 2.74. The molecule has 0 atom stereocenters. The van der Waals surface area contributed by atoms with E-state index in [1.807, 2.05) is 26.0 Å². The number of hydrogen-bond donors (Lipinski definition) is 1. The minimum absolute atomic E-state index is 0.201. The summed E-state index contributed by atoms with van der Waals surface area (Å²) in [5.74, 6) is -0.404. The Morgan fingerprint density at radius 3 is 2.38 bits per heavy atom. The Bertz CT molecular complexity index is 674. The first-order valence-electron chi connectivity index (χ1n) is 6.46. The molecule has 0 spiro atoms. The molecule has 0 aliphatic heterocycles. The maximum Gasteiger partial charge on any atom is 0.277 e. The van der Waals surface area contributed by atoms with Gasteiger partial charge in [-0.25, -0.2) is 4.98 Å². The van der Waals surface area contributed by atoms with Gasteiger partial charge < -0.3 is 10.2 Å². The van der Waals surface area contributed by atoms with Crippen LogP contribution in [0.25, 0.3) is 0 Å². The molecular weight excluding hydrogens is 286 g/mol. The van der Waals surface area contributed by atoms with Crippen LogP contribution in [-0.4, -0.2) is 23.8 Å². The van der Waals surface area contributed by atoms with E-state index in [9.17, 15) is 9.59 Å². The molecule has 0 aliphatic rings. The molecule has 0 saturated heterocycles. The Morgan fingerprint density at radius 1 is 1.19 bits per heavy atom. The van der Waals surface area contributed by atoms with Gasteiger partial charge in [-0.05, 0) is 37.1 Å². The summed E-state index contributed by atoms with van der Waals surface area (Å²) in [5, 5.41) is 4.65. The fraction of sp³-hybridized carbons (Fsp3) is 0.267. The molecule has 21 heavy (non-hydrogen) atoms. The summed E-state index contributed by atoms with van der Waals surface area (Å²) in [7, 11) is 1.72. The zero-order valence-electron chi connectivity index (χ0n) is 12.4. The van der Waals surface area contributed by atoms with Gasteiger partial charge in [-0.1, -0.05) is 6.07 Å². The van der Waals surface area contributed by atoms with Crippen LogP contribution in [0.2, 0.25) is 0 Å². The zero-order valence-corrected chi connectivity index (χ0v) is 13.2. The molecule has 0 radical (unpaired) electrons. The maximum absolute atomic E-state index is 12.4. The summed E-state index contributed by atoms with van der Waals surface area (Å²) in [5.41, 5.74) is 3.35. The first-order valence-corrected chi connectivity index (χ1v) is 7.34. The summed E-state index contributed by atoms with van der Waals surface area (Å²) in [6.07, 6.45) is 0. The number of rotatable bonds is 3. The highest BCUT2D eigenvalue weighted by atomic mass is 32.1. The van der Waals surface area contributed by atoms with Crippen LogP contribution in [0, 0.1) is 13.8 Å². The average molecular weight is 303 g/mol. The standard InChI is InChI=1S/C15H17N3O2S/c1-9-5-10(2)7-12(6-9)18(4)14(20)13-8-21-15(17-13)16-11(3)19/h5-8H,1-4H3,(H,16,17,19). The highest BCUT2D eigenvalue weighted by Gasteiger charge is 2.17. The van der Waals surface area contributed by atoms with Crippen molar-refractivity contribution in [2.75, 3.05) is 17.3 Å². The van der Waals surface area contributed by atoms with Crippen molar-refractivity contribution in [3.63, 3.8) is 0 Å². The Kier molecular flexibility index (Phi) is 4.37. The second-order valence-electron chi connectivity index (χ2n) is 4.93. The molecule has 0 bridgehead atoms. The molecule has 0 unspecified atom stereocenters. The molecule has 5 nitrogen and oxygen atoms in total. The number of amides is 2. The van der Waals surface area contributed by atoms with E-state index in [-0.39, 0.29) is 11.8 Å². The van der Waals surface area contributed by atoms with E-state index in [0.29, 0.717) is 10.8 Å². The molecule has 2 rings (SSSR count). The minimum Gasteiger partial charge on any atom is -0.310 e. The van der Waals surface area contributed by atoms with E-state index >= 15 is 0 Å². The predicted molar refractivity (Wildman–Crippen MR) is 85.1 cm³/mol. The molecule has 6 heteroatoms. The summed E-state index contributed by atoms with van der Waals surface area (Å²) < 4.78 is 0. The average Bonchev–Trinajstić information content (AvgIpc) is 2.83. The van der Waals surface area contributed by atoms with Gasteiger partial charge in [0, 0.05) is 25.0 Å². The van der Waals surface area contributed by atoms with E-state index in [0.717, 1.165) is 16.8 Å². The van der Waals surface area contributed by atoms with Crippen molar-refractivity contribution in [3.05, 3.63) is 40.4 Å². The Balaban J connectivity index is 2.22. The molecule has 1 aromatic carbocycles. The molecule has 1 aromatic heterocycles. The largest absolute Gasteiger partial charge is 0.310 e. The molecular formula is C15H17N3O2S. The van der Waals surface area contributed by atoms with Crippen LogP contribution in [0.4, 0.5) is 10.8 Å². The molecule has 0 aliphatic carbocycles. The lowest BCUT2D eigenvalue weighted by Gasteiger charge is -2.17. The monoisotopic (exact) mass is 303 g/mol. The number of aryl methyl sites for hydroxylation is 2. The van der Waals surface area contributed by atoms with Crippen molar-refractivity contribution in [2.45, 2.75) is 20.8 Å². The summed E-state index contributed by atoms with van der Waals surface area (Å²) >= 11 is 1.23. The molecule has 0 fully saturated rings. The van der Waals surface area contributed by atoms with Crippen LogP contribution in [0.1, 0.15) is 28.5 Å². The highest BCUT2D eigenvalue weighted by molar-refractivity contribution is 7.14. The summed E-state index contributed by atoms with van der Waals surface area (Å²) in [4.78, 5) is 29.1. The van der Waals surface area contributed by atoms with Gasteiger partial charge in [0.2, 0.25) is 5.91 Å². The van der Waals surface area contributed by atoms with Crippen LogP contribution in [0.3, 0.4) is 0 Å². The Morgan fingerprint density at radius 2 is 1.81 bits per heavy atom. The molecule has 1 N–H and O–H groups in total. The van der Waals surface area contributed by atoms with Crippen molar-refractivity contribution < 1.29 is 9.59 Å². The molecule has 2 aromatic rings. The molecule has 110 valence electrons. The summed E-state index contributed by atoms with van der Waals surface area (Å²) in [6, 6.07) is 5.96. The van der Waals surface area contributed by atoms with Gasteiger partial charge >= 0.3 is 0 Å². The van der Waals surface area contributed by atoms with Gasteiger partial charge in [-0.2, -0.15) is 0 Å². The number of hydrogen-bond acceptors (Lipinski definition) is 4. The number of aromatic nitrogens is 1. The lowest BCUT2D eigenvalue weighted by Crippen LogP contribution is -2.26. The second kappa shape index (κ2) is 6.05. The first-order chi connectivity index (χ1) is 9.86. The number of thiazole rings is 1. The third-order valence-corrected chi connectivity index (χ3v) is 3.66.